The minimum atomic E-state index is -0.904. The standard InChI is InChI=1S/C20H38N2O2/c1-3-5-7-9-11-15-23-18-13-14-20(22,19(21)17-18)24-16-12-10-8-6-4-2/h13-14,17,19H,3-12,15-16,21-22H2,1-2H3. The summed E-state index contributed by atoms with van der Waals surface area (Å²) in [5.74, 6) is 0.811. The summed E-state index contributed by atoms with van der Waals surface area (Å²) in [5, 5.41) is 0. The van der Waals surface area contributed by atoms with Crippen molar-refractivity contribution >= 4 is 0 Å². The van der Waals surface area contributed by atoms with E-state index in [0.29, 0.717) is 6.61 Å². The van der Waals surface area contributed by atoms with Crippen LogP contribution in [-0.2, 0) is 9.47 Å². The molecule has 0 saturated carbocycles. The molecule has 0 amide bonds. The lowest BCUT2D eigenvalue weighted by Crippen LogP contribution is -2.56. The zero-order chi connectivity index (χ0) is 17.7. The molecule has 0 aromatic heterocycles. The SMILES string of the molecule is CCCCCCCOC1=CC(N)C(N)(OCCCCCCC)C=C1. The molecule has 2 unspecified atom stereocenters. The Morgan fingerprint density at radius 2 is 1.50 bits per heavy atom. The molecule has 0 heterocycles. The molecular weight excluding hydrogens is 300 g/mol. The first-order chi connectivity index (χ1) is 11.6. The molecule has 0 aromatic rings. The number of ether oxygens (including phenoxy) is 2. The molecule has 0 aromatic carbocycles. The Morgan fingerprint density at radius 3 is 2.08 bits per heavy atom. The predicted molar refractivity (Wildman–Crippen MR) is 102 cm³/mol. The maximum absolute atomic E-state index is 6.28. The monoisotopic (exact) mass is 338 g/mol. The number of nitrogens with two attached hydrogens (primary N) is 2. The van der Waals surface area contributed by atoms with Crippen LogP contribution >= 0.6 is 0 Å². The molecule has 0 saturated heterocycles. The van der Waals surface area contributed by atoms with Crippen molar-refractivity contribution in [3.63, 3.8) is 0 Å². The second kappa shape index (κ2) is 12.5. The van der Waals surface area contributed by atoms with Gasteiger partial charge in [0.2, 0.25) is 0 Å². The van der Waals surface area contributed by atoms with Crippen molar-refractivity contribution in [2.45, 2.75) is 89.8 Å². The average Bonchev–Trinajstić information content (AvgIpc) is 2.57. The molecule has 0 bridgehead atoms. The summed E-state index contributed by atoms with van der Waals surface area (Å²) in [6.07, 6.45) is 17.8. The maximum Gasteiger partial charge on any atom is 0.155 e. The topological polar surface area (TPSA) is 70.5 Å². The lowest BCUT2D eigenvalue weighted by molar-refractivity contribution is -0.0169. The summed E-state index contributed by atoms with van der Waals surface area (Å²) in [6.45, 7) is 5.83. The lowest BCUT2D eigenvalue weighted by atomic mass is 9.99. The number of hydrogen-bond donors (Lipinski definition) is 2. The van der Waals surface area contributed by atoms with Gasteiger partial charge in [0.25, 0.3) is 0 Å². The Kier molecular flexibility index (Phi) is 11.1. The van der Waals surface area contributed by atoms with Crippen LogP contribution in [0.5, 0.6) is 0 Å². The summed E-state index contributed by atoms with van der Waals surface area (Å²) in [7, 11) is 0. The zero-order valence-electron chi connectivity index (χ0n) is 15.8. The van der Waals surface area contributed by atoms with E-state index in [0.717, 1.165) is 25.2 Å². The summed E-state index contributed by atoms with van der Waals surface area (Å²) < 4.78 is 11.6. The van der Waals surface area contributed by atoms with Gasteiger partial charge in [0, 0.05) is 6.61 Å². The van der Waals surface area contributed by atoms with Crippen molar-refractivity contribution in [1.82, 2.24) is 0 Å². The van der Waals surface area contributed by atoms with Gasteiger partial charge in [-0.1, -0.05) is 65.2 Å². The highest BCUT2D eigenvalue weighted by molar-refractivity contribution is 5.27. The highest BCUT2D eigenvalue weighted by atomic mass is 16.5. The van der Waals surface area contributed by atoms with E-state index < -0.39 is 5.72 Å². The fourth-order valence-electron chi connectivity index (χ4n) is 2.78. The van der Waals surface area contributed by atoms with Crippen molar-refractivity contribution in [1.29, 1.82) is 0 Å². The molecule has 140 valence electrons. The smallest absolute Gasteiger partial charge is 0.155 e. The number of unbranched alkanes of at least 4 members (excludes halogenated alkanes) is 8. The number of rotatable bonds is 14. The third kappa shape index (κ3) is 8.32. The molecule has 1 rings (SSSR count). The third-order valence-electron chi connectivity index (χ3n) is 4.49. The third-order valence-corrected chi connectivity index (χ3v) is 4.49. The van der Waals surface area contributed by atoms with Crippen molar-refractivity contribution in [3.8, 4) is 0 Å². The van der Waals surface area contributed by atoms with Gasteiger partial charge < -0.3 is 15.2 Å². The highest BCUT2D eigenvalue weighted by Crippen LogP contribution is 2.21. The molecule has 0 fully saturated rings. The van der Waals surface area contributed by atoms with Crippen LogP contribution in [-0.4, -0.2) is 25.0 Å². The van der Waals surface area contributed by atoms with Crippen LogP contribution in [0.2, 0.25) is 0 Å². The van der Waals surface area contributed by atoms with Crippen LogP contribution in [0.15, 0.2) is 24.0 Å². The number of hydrogen-bond acceptors (Lipinski definition) is 4. The minimum Gasteiger partial charge on any atom is -0.494 e. The molecule has 0 radical (unpaired) electrons. The van der Waals surface area contributed by atoms with E-state index in [2.05, 4.69) is 13.8 Å². The molecule has 4 heteroatoms. The van der Waals surface area contributed by atoms with E-state index in [-0.39, 0.29) is 6.04 Å². The van der Waals surface area contributed by atoms with Gasteiger partial charge in [-0.25, -0.2) is 0 Å². The summed E-state index contributed by atoms with van der Waals surface area (Å²) in [6, 6.07) is -0.367. The van der Waals surface area contributed by atoms with Crippen LogP contribution < -0.4 is 11.5 Å². The largest absolute Gasteiger partial charge is 0.494 e. The van der Waals surface area contributed by atoms with E-state index in [4.69, 9.17) is 20.9 Å². The van der Waals surface area contributed by atoms with Crippen molar-refractivity contribution in [3.05, 3.63) is 24.0 Å². The first-order valence-electron chi connectivity index (χ1n) is 9.84. The molecule has 1 aliphatic carbocycles. The average molecular weight is 339 g/mol. The van der Waals surface area contributed by atoms with E-state index in [1.165, 1.54) is 51.4 Å². The molecule has 0 aliphatic heterocycles. The Morgan fingerprint density at radius 1 is 0.917 bits per heavy atom. The molecule has 2 atom stereocenters. The van der Waals surface area contributed by atoms with Crippen LogP contribution in [0.3, 0.4) is 0 Å². The molecule has 1 aliphatic rings. The first kappa shape index (κ1) is 21.2. The van der Waals surface area contributed by atoms with Gasteiger partial charge in [0.1, 0.15) is 5.76 Å². The zero-order valence-corrected chi connectivity index (χ0v) is 15.8. The molecular formula is C20H38N2O2. The van der Waals surface area contributed by atoms with Crippen LogP contribution in [0.4, 0.5) is 0 Å². The van der Waals surface area contributed by atoms with E-state index in [1.54, 1.807) is 0 Å². The fourth-order valence-corrected chi connectivity index (χ4v) is 2.78. The van der Waals surface area contributed by atoms with Crippen molar-refractivity contribution < 1.29 is 9.47 Å². The summed E-state index contributed by atoms with van der Waals surface area (Å²) in [5.41, 5.74) is 11.6. The Labute approximate surface area is 148 Å². The Balaban J connectivity index is 2.22. The van der Waals surface area contributed by atoms with Crippen LogP contribution in [0, 0.1) is 0 Å². The summed E-state index contributed by atoms with van der Waals surface area (Å²) >= 11 is 0. The normalized spacial score (nSPS) is 23.3. The first-order valence-corrected chi connectivity index (χ1v) is 9.84. The van der Waals surface area contributed by atoms with Gasteiger partial charge in [-0.3, -0.25) is 5.73 Å². The molecule has 24 heavy (non-hydrogen) atoms. The molecule has 4 N–H and O–H groups in total. The second-order valence-corrected chi connectivity index (χ2v) is 6.81. The van der Waals surface area contributed by atoms with Gasteiger partial charge in [0.05, 0.1) is 12.6 Å². The van der Waals surface area contributed by atoms with E-state index >= 15 is 0 Å². The van der Waals surface area contributed by atoms with Gasteiger partial charge in [-0.05, 0) is 31.1 Å². The van der Waals surface area contributed by atoms with Gasteiger partial charge >= 0.3 is 0 Å². The van der Waals surface area contributed by atoms with Gasteiger partial charge in [0.15, 0.2) is 5.72 Å². The highest BCUT2D eigenvalue weighted by Gasteiger charge is 2.32. The van der Waals surface area contributed by atoms with E-state index in [1.807, 2.05) is 18.2 Å². The predicted octanol–water partition coefficient (Wildman–Crippen LogP) is 4.40. The van der Waals surface area contributed by atoms with Crippen LogP contribution in [0.25, 0.3) is 0 Å². The fraction of sp³-hybridized carbons (Fsp3) is 0.800. The van der Waals surface area contributed by atoms with Crippen molar-refractivity contribution in [2.24, 2.45) is 11.5 Å². The molecule has 4 nitrogen and oxygen atoms in total. The van der Waals surface area contributed by atoms with Gasteiger partial charge in [-0.2, -0.15) is 0 Å². The maximum atomic E-state index is 6.28. The van der Waals surface area contributed by atoms with Crippen molar-refractivity contribution in [2.75, 3.05) is 13.2 Å². The molecule has 0 spiro atoms. The second-order valence-electron chi connectivity index (χ2n) is 6.81. The quantitative estimate of drug-likeness (QED) is 0.364. The Bertz CT molecular complexity index is 382. The minimum absolute atomic E-state index is 0.367. The van der Waals surface area contributed by atoms with Crippen LogP contribution in [0.1, 0.15) is 78.1 Å². The van der Waals surface area contributed by atoms with Gasteiger partial charge in [-0.15, -0.1) is 0 Å². The Hall–Kier alpha value is -0.840. The summed E-state index contributed by atoms with van der Waals surface area (Å²) in [4.78, 5) is 0. The lowest BCUT2D eigenvalue weighted by Gasteiger charge is -2.33. The van der Waals surface area contributed by atoms with E-state index in [9.17, 15) is 0 Å². The number of allylic oxidation sites excluding steroid dienone is 1.